The molecule has 1 aromatic carbocycles. The number of aliphatic hydroxyl groups is 4. The zero-order chi connectivity index (χ0) is 16.1. The standard InChI is InChI=1S/C17H18O5/c1-2-3-11-4-6-12(7-5-11)8-9-13-15(19)17(21)16(20)14(10-18)22-13/h4-7,13-21H,10H2,1H3. The smallest absolute Gasteiger partial charge is 0.147 e. The van der Waals surface area contributed by atoms with Gasteiger partial charge in [-0.15, -0.1) is 5.92 Å². The zero-order valence-corrected chi connectivity index (χ0v) is 12.1. The highest BCUT2D eigenvalue weighted by molar-refractivity contribution is 5.42. The molecule has 1 saturated heterocycles. The zero-order valence-electron chi connectivity index (χ0n) is 12.1. The Morgan fingerprint density at radius 3 is 2.09 bits per heavy atom. The molecule has 0 aromatic heterocycles. The van der Waals surface area contributed by atoms with Crippen LogP contribution in [0.2, 0.25) is 0 Å². The van der Waals surface area contributed by atoms with Crippen molar-refractivity contribution in [2.45, 2.75) is 37.4 Å². The molecule has 1 heterocycles. The van der Waals surface area contributed by atoms with Gasteiger partial charge in [0, 0.05) is 11.1 Å². The van der Waals surface area contributed by atoms with Crippen LogP contribution in [0.3, 0.4) is 0 Å². The minimum absolute atomic E-state index is 0.465. The fourth-order valence-electron chi connectivity index (χ4n) is 2.16. The van der Waals surface area contributed by atoms with Crippen LogP contribution in [0.5, 0.6) is 0 Å². The van der Waals surface area contributed by atoms with Crippen molar-refractivity contribution in [1.29, 1.82) is 0 Å². The summed E-state index contributed by atoms with van der Waals surface area (Å²) in [6, 6.07) is 7.23. The second-order valence-corrected chi connectivity index (χ2v) is 4.97. The molecule has 0 saturated carbocycles. The first kappa shape index (κ1) is 16.5. The third-order valence-electron chi connectivity index (χ3n) is 3.41. The molecule has 1 fully saturated rings. The maximum absolute atomic E-state index is 9.88. The van der Waals surface area contributed by atoms with E-state index in [0.717, 1.165) is 5.56 Å². The Hall–Kier alpha value is -1.86. The van der Waals surface area contributed by atoms with E-state index in [9.17, 15) is 15.3 Å². The maximum Gasteiger partial charge on any atom is 0.147 e. The average molecular weight is 302 g/mol. The van der Waals surface area contributed by atoms with E-state index in [2.05, 4.69) is 23.7 Å². The van der Waals surface area contributed by atoms with Gasteiger partial charge in [-0.05, 0) is 31.2 Å². The molecule has 1 aromatic rings. The molecule has 116 valence electrons. The summed E-state index contributed by atoms with van der Waals surface area (Å²) in [5.41, 5.74) is 1.58. The van der Waals surface area contributed by atoms with Gasteiger partial charge in [0.1, 0.15) is 30.5 Å². The first-order valence-electron chi connectivity index (χ1n) is 6.91. The molecule has 1 aliphatic heterocycles. The van der Waals surface area contributed by atoms with Gasteiger partial charge < -0.3 is 25.2 Å². The Kier molecular flexibility index (Phi) is 5.57. The van der Waals surface area contributed by atoms with E-state index in [1.807, 2.05) is 12.1 Å². The van der Waals surface area contributed by atoms with Crippen molar-refractivity contribution in [3.8, 4) is 23.7 Å². The summed E-state index contributed by atoms with van der Waals surface area (Å²) in [6.07, 6.45) is -6.04. The van der Waals surface area contributed by atoms with Crippen molar-refractivity contribution < 1.29 is 25.2 Å². The molecule has 2 rings (SSSR count). The number of aliphatic hydroxyl groups excluding tert-OH is 4. The van der Waals surface area contributed by atoms with Crippen molar-refractivity contribution in [1.82, 2.24) is 0 Å². The fraction of sp³-hybridized carbons (Fsp3) is 0.412. The van der Waals surface area contributed by atoms with Crippen LogP contribution in [-0.2, 0) is 4.74 Å². The maximum atomic E-state index is 9.88. The van der Waals surface area contributed by atoms with E-state index in [4.69, 9.17) is 9.84 Å². The van der Waals surface area contributed by atoms with Gasteiger partial charge in [0.05, 0.1) is 6.61 Å². The molecule has 5 atom stereocenters. The molecule has 0 spiro atoms. The lowest BCUT2D eigenvalue weighted by Crippen LogP contribution is -2.58. The van der Waals surface area contributed by atoms with E-state index in [1.165, 1.54) is 0 Å². The fourth-order valence-corrected chi connectivity index (χ4v) is 2.16. The lowest BCUT2D eigenvalue weighted by molar-refractivity contribution is -0.214. The van der Waals surface area contributed by atoms with Crippen molar-refractivity contribution in [3.63, 3.8) is 0 Å². The molecule has 1 aliphatic rings. The molecular formula is C17H18O5. The highest BCUT2D eigenvalue weighted by Crippen LogP contribution is 2.20. The van der Waals surface area contributed by atoms with Crippen molar-refractivity contribution >= 4 is 0 Å². The van der Waals surface area contributed by atoms with E-state index >= 15 is 0 Å². The summed E-state index contributed by atoms with van der Waals surface area (Å²) < 4.78 is 5.31. The van der Waals surface area contributed by atoms with Gasteiger partial charge in [-0.2, -0.15) is 0 Å². The minimum Gasteiger partial charge on any atom is -0.394 e. The number of hydrogen-bond acceptors (Lipinski definition) is 5. The molecule has 0 aliphatic carbocycles. The van der Waals surface area contributed by atoms with Gasteiger partial charge in [0.25, 0.3) is 0 Å². The van der Waals surface area contributed by atoms with E-state index in [1.54, 1.807) is 19.1 Å². The quantitative estimate of drug-likeness (QED) is 0.513. The van der Waals surface area contributed by atoms with E-state index in [0.29, 0.717) is 5.56 Å². The molecule has 0 amide bonds. The Labute approximate surface area is 129 Å². The highest BCUT2D eigenvalue weighted by atomic mass is 16.5. The lowest BCUT2D eigenvalue weighted by Gasteiger charge is -2.37. The van der Waals surface area contributed by atoms with Crippen molar-refractivity contribution in [2.24, 2.45) is 0 Å². The van der Waals surface area contributed by atoms with Crippen LogP contribution < -0.4 is 0 Å². The molecule has 5 heteroatoms. The van der Waals surface area contributed by atoms with Crippen LogP contribution >= 0.6 is 0 Å². The summed E-state index contributed by atoms with van der Waals surface area (Å²) in [6.45, 7) is 1.29. The van der Waals surface area contributed by atoms with Crippen LogP contribution in [-0.4, -0.2) is 57.6 Å². The Morgan fingerprint density at radius 2 is 1.55 bits per heavy atom. The van der Waals surface area contributed by atoms with Crippen LogP contribution in [0.1, 0.15) is 18.1 Å². The highest BCUT2D eigenvalue weighted by Gasteiger charge is 2.42. The second kappa shape index (κ2) is 7.42. The molecule has 4 N–H and O–H groups in total. The molecule has 22 heavy (non-hydrogen) atoms. The van der Waals surface area contributed by atoms with Gasteiger partial charge in [0.15, 0.2) is 0 Å². The lowest BCUT2D eigenvalue weighted by atomic mass is 9.95. The molecule has 0 bridgehead atoms. The summed E-state index contributed by atoms with van der Waals surface area (Å²) >= 11 is 0. The monoisotopic (exact) mass is 302 g/mol. The van der Waals surface area contributed by atoms with E-state index < -0.39 is 37.1 Å². The van der Waals surface area contributed by atoms with Gasteiger partial charge >= 0.3 is 0 Å². The van der Waals surface area contributed by atoms with Crippen molar-refractivity contribution in [2.75, 3.05) is 6.61 Å². The largest absolute Gasteiger partial charge is 0.394 e. The SMILES string of the molecule is CC#Cc1ccc(C#CC2OC(CO)C(O)C(O)C2O)cc1. The van der Waals surface area contributed by atoms with Crippen LogP contribution in [0.25, 0.3) is 0 Å². The van der Waals surface area contributed by atoms with Crippen LogP contribution in [0.15, 0.2) is 24.3 Å². The topological polar surface area (TPSA) is 90.2 Å². The number of benzene rings is 1. The first-order valence-corrected chi connectivity index (χ1v) is 6.91. The van der Waals surface area contributed by atoms with Gasteiger partial charge in [-0.1, -0.05) is 17.8 Å². The summed E-state index contributed by atoms with van der Waals surface area (Å²) in [5.74, 6) is 11.3. The third-order valence-corrected chi connectivity index (χ3v) is 3.41. The average Bonchev–Trinajstić information content (AvgIpc) is 2.54. The Bertz CT molecular complexity index is 614. The van der Waals surface area contributed by atoms with Gasteiger partial charge in [-0.25, -0.2) is 0 Å². The molecule has 0 radical (unpaired) electrons. The third kappa shape index (κ3) is 3.66. The predicted molar refractivity (Wildman–Crippen MR) is 79.6 cm³/mol. The minimum atomic E-state index is -1.41. The first-order chi connectivity index (χ1) is 10.6. The summed E-state index contributed by atoms with van der Waals surface area (Å²) in [5, 5.41) is 38.4. The Balaban J connectivity index is 2.13. The van der Waals surface area contributed by atoms with Crippen LogP contribution in [0, 0.1) is 23.7 Å². The number of rotatable bonds is 1. The number of ether oxygens (including phenoxy) is 1. The predicted octanol–water partition coefficient (Wildman–Crippen LogP) is -0.748. The molecule has 5 nitrogen and oxygen atoms in total. The van der Waals surface area contributed by atoms with Crippen LogP contribution in [0.4, 0.5) is 0 Å². The summed E-state index contributed by atoms with van der Waals surface area (Å²) in [7, 11) is 0. The van der Waals surface area contributed by atoms with Crippen molar-refractivity contribution in [3.05, 3.63) is 35.4 Å². The Morgan fingerprint density at radius 1 is 0.955 bits per heavy atom. The normalized spacial score (nSPS) is 30.7. The summed E-state index contributed by atoms with van der Waals surface area (Å²) in [4.78, 5) is 0. The van der Waals surface area contributed by atoms with E-state index in [-0.39, 0.29) is 0 Å². The molecule has 5 unspecified atom stereocenters. The number of hydrogen-bond donors (Lipinski definition) is 4. The van der Waals surface area contributed by atoms with Gasteiger partial charge in [0.2, 0.25) is 0 Å². The molecular weight excluding hydrogens is 284 g/mol. The van der Waals surface area contributed by atoms with Gasteiger partial charge in [-0.3, -0.25) is 0 Å². The second-order valence-electron chi connectivity index (χ2n) is 4.97.